The van der Waals surface area contributed by atoms with Crippen LogP contribution in [0.3, 0.4) is 0 Å². The molecular weight excluding hydrogens is 166 g/mol. The summed E-state index contributed by atoms with van der Waals surface area (Å²) < 4.78 is 0. The van der Waals surface area contributed by atoms with E-state index in [1.165, 1.54) is 18.7 Å². The van der Waals surface area contributed by atoms with Gasteiger partial charge in [-0.3, -0.25) is 14.9 Å². The smallest absolute Gasteiger partial charge is 0.321 e. The predicted octanol–water partition coefficient (Wildman–Crippen LogP) is -0.309. The lowest BCUT2D eigenvalue weighted by Gasteiger charge is -2.05. The Balaban J connectivity index is 2.47. The monoisotopic (exact) mass is 175 g/mol. The van der Waals surface area contributed by atoms with Crippen LogP contribution in [0.2, 0.25) is 0 Å². The molecule has 0 amide bonds. The highest BCUT2D eigenvalue weighted by Gasteiger charge is 2.31. The number of carbonyl (C=O) groups excluding carboxylic acids is 1. The number of nitrogens with one attached hydrogen (secondary N) is 1. The van der Waals surface area contributed by atoms with Crippen molar-refractivity contribution in [3.8, 4) is 0 Å². The van der Waals surface area contributed by atoms with Gasteiger partial charge in [-0.2, -0.15) is 0 Å². The Hall–Kier alpha value is -0.550. The summed E-state index contributed by atoms with van der Waals surface area (Å²) in [6.45, 7) is 1.45. The normalized spacial score (nSPS) is 30.3. The van der Waals surface area contributed by atoms with E-state index in [4.69, 9.17) is 5.11 Å². The predicted molar refractivity (Wildman–Crippen MR) is 41.5 cm³/mol. The number of thioether (sulfide) groups is 1. The molecule has 0 unspecified atom stereocenters. The molecule has 11 heavy (non-hydrogen) atoms. The third-order valence-corrected chi connectivity index (χ3v) is 2.78. The minimum absolute atomic E-state index is 0.0150. The Morgan fingerprint density at radius 2 is 2.27 bits per heavy atom. The molecule has 4 nitrogen and oxygen atoms in total. The zero-order valence-electron chi connectivity index (χ0n) is 6.03. The number of hydrogen-bond acceptors (Lipinski definition) is 4. The highest BCUT2D eigenvalue weighted by molar-refractivity contribution is 8.00. The summed E-state index contributed by atoms with van der Waals surface area (Å²) in [5.41, 5.74) is 0. The van der Waals surface area contributed by atoms with E-state index in [0.717, 1.165) is 0 Å². The lowest BCUT2D eigenvalue weighted by molar-refractivity contribution is -0.138. The first-order chi connectivity index (χ1) is 5.11. The highest BCUT2D eigenvalue weighted by atomic mass is 32.2. The van der Waals surface area contributed by atoms with Gasteiger partial charge in [0.15, 0.2) is 5.78 Å². The van der Waals surface area contributed by atoms with Crippen molar-refractivity contribution in [2.45, 2.75) is 18.3 Å². The molecule has 0 saturated carbocycles. The number of hydrogen-bond donors (Lipinski definition) is 2. The van der Waals surface area contributed by atoms with Gasteiger partial charge in [-0.25, -0.2) is 0 Å². The minimum Gasteiger partial charge on any atom is -0.480 e. The van der Waals surface area contributed by atoms with Crippen molar-refractivity contribution < 1.29 is 14.7 Å². The fourth-order valence-corrected chi connectivity index (χ4v) is 1.97. The van der Waals surface area contributed by atoms with Crippen molar-refractivity contribution in [1.29, 1.82) is 0 Å². The first kappa shape index (κ1) is 8.55. The molecule has 0 aromatic heterocycles. The van der Waals surface area contributed by atoms with Crippen molar-refractivity contribution in [1.82, 2.24) is 5.32 Å². The van der Waals surface area contributed by atoms with Crippen LogP contribution in [-0.4, -0.2) is 34.0 Å². The number of ketones is 1. The number of Topliss-reactive ketones (excluding diaryl/α,β-unsaturated/α-hetero) is 1. The molecule has 0 bridgehead atoms. The quantitative estimate of drug-likeness (QED) is 0.602. The summed E-state index contributed by atoms with van der Waals surface area (Å²) in [4.78, 5) is 21.1. The van der Waals surface area contributed by atoms with Crippen molar-refractivity contribution in [2.24, 2.45) is 0 Å². The largest absolute Gasteiger partial charge is 0.480 e. The molecule has 0 spiro atoms. The van der Waals surface area contributed by atoms with Crippen molar-refractivity contribution >= 4 is 23.5 Å². The maximum atomic E-state index is 10.7. The van der Waals surface area contributed by atoms with Crippen LogP contribution in [0.5, 0.6) is 0 Å². The van der Waals surface area contributed by atoms with Gasteiger partial charge in [0.1, 0.15) is 11.4 Å². The molecule has 0 radical (unpaired) electrons. The van der Waals surface area contributed by atoms with Gasteiger partial charge in [-0.05, 0) is 6.92 Å². The zero-order chi connectivity index (χ0) is 8.43. The van der Waals surface area contributed by atoms with E-state index in [1.54, 1.807) is 0 Å². The van der Waals surface area contributed by atoms with Crippen LogP contribution in [-0.2, 0) is 9.59 Å². The molecule has 1 aliphatic rings. The van der Waals surface area contributed by atoms with Crippen molar-refractivity contribution in [3.05, 3.63) is 0 Å². The van der Waals surface area contributed by atoms with E-state index >= 15 is 0 Å². The van der Waals surface area contributed by atoms with Crippen LogP contribution in [0, 0.1) is 0 Å². The van der Waals surface area contributed by atoms with Gasteiger partial charge in [-0.15, -0.1) is 11.8 Å². The molecule has 1 saturated heterocycles. The Morgan fingerprint density at radius 3 is 2.55 bits per heavy atom. The summed E-state index contributed by atoms with van der Waals surface area (Å²) in [5.74, 6) is -0.431. The van der Waals surface area contributed by atoms with Gasteiger partial charge in [0.25, 0.3) is 0 Å². The van der Waals surface area contributed by atoms with Crippen LogP contribution in [0.15, 0.2) is 0 Å². The Labute approximate surface area is 68.3 Å². The van der Waals surface area contributed by atoms with Gasteiger partial charge < -0.3 is 5.11 Å². The molecule has 5 heteroatoms. The van der Waals surface area contributed by atoms with Crippen LogP contribution in [0.25, 0.3) is 0 Å². The van der Waals surface area contributed by atoms with Crippen LogP contribution < -0.4 is 5.32 Å². The second kappa shape index (κ2) is 3.23. The summed E-state index contributed by atoms with van der Waals surface area (Å²) in [5, 5.41) is 10.9. The summed E-state index contributed by atoms with van der Waals surface area (Å²) in [6.07, 6.45) is 0. The third-order valence-electron chi connectivity index (χ3n) is 1.45. The van der Waals surface area contributed by atoms with E-state index in [9.17, 15) is 9.59 Å². The molecular formula is C6H9NO3S. The van der Waals surface area contributed by atoms with E-state index in [1.807, 2.05) is 0 Å². The average Bonchev–Trinajstić information content (AvgIpc) is 2.33. The third kappa shape index (κ3) is 1.94. The van der Waals surface area contributed by atoms with Crippen molar-refractivity contribution in [2.75, 3.05) is 5.75 Å². The number of carboxylic acids is 1. The lowest BCUT2D eigenvalue weighted by atomic mass is 10.3. The molecule has 1 fully saturated rings. The fraction of sp³-hybridized carbons (Fsp3) is 0.667. The first-order valence-corrected chi connectivity index (χ1v) is 4.27. The standard InChI is InChI=1S/C6H9NO3S/c1-3(8)5-7-4(2-11-5)6(9)10/h4-5,7H,2H2,1H3,(H,9,10)/t4-,5+/m0/s1. The van der Waals surface area contributed by atoms with E-state index in [0.29, 0.717) is 5.75 Å². The fourth-order valence-electron chi connectivity index (χ4n) is 0.849. The van der Waals surface area contributed by atoms with Crippen LogP contribution in [0.1, 0.15) is 6.92 Å². The molecule has 1 aliphatic heterocycles. The van der Waals surface area contributed by atoms with Crippen molar-refractivity contribution in [3.63, 3.8) is 0 Å². The van der Waals surface area contributed by atoms with Gasteiger partial charge in [0.05, 0.1) is 0 Å². The summed E-state index contributed by atoms with van der Waals surface area (Å²) in [7, 11) is 0. The number of aliphatic carboxylic acids is 1. The number of carboxylic acid groups (broad SMARTS) is 1. The first-order valence-electron chi connectivity index (χ1n) is 3.22. The topological polar surface area (TPSA) is 66.4 Å². The van der Waals surface area contributed by atoms with Crippen LogP contribution in [0.4, 0.5) is 0 Å². The van der Waals surface area contributed by atoms with E-state index in [2.05, 4.69) is 5.32 Å². The minimum atomic E-state index is -0.888. The Kier molecular flexibility index (Phi) is 2.51. The molecule has 0 aliphatic carbocycles. The summed E-state index contributed by atoms with van der Waals surface area (Å²) in [6, 6.07) is -0.561. The molecule has 2 atom stereocenters. The number of rotatable bonds is 2. The Morgan fingerprint density at radius 1 is 1.64 bits per heavy atom. The zero-order valence-corrected chi connectivity index (χ0v) is 6.85. The molecule has 1 rings (SSSR count). The maximum Gasteiger partial charge on any atom is 0.321 e. The average molecular weight is 175 g/mol. The van der Waals surface area contributed by atoms with E-state index in [-0.39, 0.29) is 11.2 Å². The number of carbonyl (C=O) groups is 2. The molecule has 2 N–H and O–H groups in total. The molecule has 0 aromatic carbocycles. The maximum absolute atomic E-state index is 10.7. The molecule has 0 aromatic rings. The van der Waals surface area contributed by atoms with Gasteiger partial charge in [-0.1, -0.05) is 0 Å². The van der Waals surface area contributed by atoms with Gasteiger partial charge in [0.2, 0.25) is 0 Å². The lowest BCUT2D eigenvalue weighted by Crippen LogP contribution is -2.39. The van der Waals surface area contributed by atoms with Crippen LogP contribution >= 0.6 is 11.8 Å². The van der Waals surface area contributed by atoms with E-state index < -0.39 is 12.0 Å². The second-order valence-electron chi connectivity index (χ2n) is 2.38. The van der Waals surface area contributed by atoms with Gasteiger partial charge >= 0.3 is 5.97 Å². The SMILES string of the molecule is CC(=O)[C@@H]1N[C@H](C(=O)O)CS1. The summed E-state index contributed by atoms with van der Waals surface area (Å²) >= 11 is 1.35. The molecule has 1 heterocycles. The Bertz CT molecular complexity index is 174. The van der Waals surface area contributed by atoms with Gasteiger partial charge in [0, 0.05) is 5.75 Å². The molecule has 62 valence electrons. The highest BCUT2D eigenvalue weighted by Crippen LogP contribution is 2.18. The second-order valence-corrected chi connectivity index (χ2v) is 3.52.